The van der Waals surface area contributed by atoms with Gasteiger partial charge in [0.2, 0.25) is 5.91 Å². The second kappa shape index (κ2) is 11.3. The SMILES string of the molecule is CC(=O)NCCc1nnc(SCC(=O)c2ccc(-c3ccccc3)cc2)n1-c1ccc(C)c(Cl)c1. The molecule has 0 saturated carbocycles. The monoisotopic (exact) mass is 504 g/mol. The first-order chi connectivity index (χ1) is 16.9. The van der Waals surface area contributed by atoms with E-state index in [-0.39, 0.29) is 17.4 Å². The van der Waals surface area contributed by atoms with Gasteiger partial charge in [0.05, 0.1) is 11.4 Å². The maximum atomic E-state index is 12.9. The Balaban J connectivity index is 1.52. The highest BCUT2D eigenvalue weighted by Crippen LogP contribution is 2.27. The third-order valence-corrected chi connectivity index (χ3v) is 6.82. The minimum absolute atomic E-state index is 0.00546. The van der Waals surface area contributed by atoms with Crippen molar-refractivity contribution < 1.29 is 9.59 Å². The van der Waals surface area contributed by atoms with E-state index >= 15 is 0 Å². The molecule has 3 aromatic carbocycles. The molecule has 0 fully saturated rings. The number of carbonyl (C=O) groups excluding carboxylic acids is 2. The summed E-state index contributed by atoms with van der Waals surface area (Å²) in [6.45, 7) is 3.85. The molecule has 1 N–H and O–H groups in total. The predicted octanol–water partition coefficient (Wildman–Crippen LogP) is 5.55. The molecule has 1 amide bonds. The fraction of sp³-hybridized carbons (Fsp3) is 0.185. The van der Waals surface area contributed by atoms with Crippen LogP contribution in [0.4, 0.5) is 0 Å². The van der Waals surface area contributed by atoms with Crippen LogP contribution in [0.3, 0.4) is 0 Å². The molecule has 178 valence electrons. The number of benzene rings is 3. The number of halogens is 1. The van der Waals surface area contributed by atoms with Crippen LogP contribution < -0.4 is 5.32 Å². The van der Waals surface area contributed by atoms with E-state index in [1.807, 2.05) is 84.3 Å². The molecule has 1 aromatic heterocycles. The van der Waals surface area contributed by atoms with Crippen molar-refractivity contribution in [3.8, 4) is 16.8 Å². The molecule has 35 heavy (non-hydrogen) atoms. The normalized spacial score (nSPS) is 10.8. The first kappa shape index (κ1) is 24.7. The van der Waals surface area contributed by atoms with Crippen molar-refractivity contribution in [2.75, 3.05) is 12.3 Å². The number of hydrogen-bond acceptors (Lipinski definition) is 5. The van der Waals surface area contributed by atoms with E-state index in [2.05, 4.69) is 15.5 Å². The number of hydrogen-bond donors (Lipinski definition) is 1. The Kier molecular flexibility index (Phi) is 8.00. The Hall–Kier alpha value is -3.42. The molecule has 0 aliphatic carbocycles. The fourth-order valence-electron chi connectivity index (χ4n) is 3.58. The molecule has 4 rings (SSSR count). The van der Waals surface area contributed by atoms with Crippen molar-refractivity contribution in [1.82, 2.24) is 20.1 Å². The number of thioether (sulfide) groups is 1. The molecule has 4 aromatic rings. The Morgan fingerprint density at radius 3 is 2.37 bits per heavy atom. The molecule has 0 saturated heterocycles. The van der Waals surface area contributed by atoms with Crippen molar-refractivity contribution in [3.05, 3.63) is 94.8 Å². The number of nitrogens with zero attached hydrogens (tertiary/aromatic N) is 3. The first-order valence-corrected chi connectivity index (χ1v) is 12.6. The number of carbonyl (C=O) groups is 2. The second-order valence-corrected chi connectivity index (χ2v) is 9.41. The van der Waals surface area contributed by atoms with Crippen LogP contribution in [0.5, 0.6) is 0 Å². The smallest absolute Gasteiger partial charge is 0.216 e. The zero-order chi connectivity index (χ0) is 24.8. The summed E-state index contributed by atoms with van der Waals surface area (Å²) in [5.74, 6) is 0.799. The summed E-state index contributed by atoms with van der Waals surface area (Å²) < 4.78 is 1.89. The van der Waals surface area contributed by atoms with E-state index in [1.165, 1.54) is 18.7 Å². The van der Waals surface area contributed by atoms with Gasteiger partial charge in [-0.25, -0.2) is 0 Å². The number of aryl methyl sites for hydroxylation is 1. The average molecular weight is 505 g/mol. The van der Waals surface area contributed by atoms with Crippen molar-refractivity contribution in [2.45, 2.75) is 25.4 Å². The lowest BCUT2D eigenvalue weighted by molar-refractivity contribution is -0.118. The summed E-state index contributed by atoms with van der Waals surface area (Å²) >= 11 is 7.70. The standard InChI is InChI=1S/C27H25ClN4O2S/c1-18-8-13-23(16-24(18)28)32-26(14-15-29-19(2)33)30-31-27(32)35-17-25(34)22-11-9-21(10-12-22)20-6-4-3-5-7-20/h3-13,16H,14-15,17H2,1-2H3,(H,29,33). The van der Waals surface area contributed by atoms with Crippen LogP contribution in [0.2, 0.25) is 5.02 Å². The van der Waals surface area contributed by atoms with Crippen LogP contribution in [0.15, 0.2) is 78.0 Å². The lowest BCUT2D eigenvalue weighted by atomic mass is 10.0. The number of Topliss-reactive ketones (excluding diaryl/α,β-unsaturated/α-hetero) is 1. The van der Waals surface area contributed by atoms with Gasteiger partial charge in [-0.2, -0.15) is 0 Å². The minimum atomic E-state index is -0.104. The molecular weight excluding hydrogens is 480 g/mol. The molecule has 0 atom stereocenters. The Morgan fingerprint density at radius 2 is 1.69 bits per heavy atom. The van der Waals surface area contributed by atoms with Gasteiger partial charge in [0.15, 0.2) is 10.9 Å². The van der Waals surface area contributed by atoms with Gasteiger partial charge in [0.25, 0.3) is 0 Å². The van der Waals surface area contributed by atoms with Gasteiger partial charge in [-0.1, -0.05) is 84.0 Å². The average Bonchev–Trinajstić information content (AvgIpc) is 3.27. The highest BCUT2D eigenvalue weighted by molar-refractivity contribution is 7.99. The first-order valence-electron chi connectivity index (χ1n) is 11.2. The van der Waals surface area contributed by atoms with Crippen molar-refractivity contribution >= 4 is 35.1 Å². The third kappa shape index (κ3) is 6.18. The van der Waals surface area contributed by atoms with E-state index in [0.29, 0.717) is 34.5 Å². The number of aromatic nitrogens is 3. The lowest BCUT2D eigenvalue weighted by Gasteiger charge is -2.12. The summed E-state index contributed by atoms with van der Waals surface area (Å²) in [7, 11) is 0. The van der Waals surface area contributed by atoms with E-state index < -0.39 is 0 Å². The summed E-state index contributed by atoms with van der Waals surface area (Å²) in [4.78, 5) is 24.2. The largest absolute Gasteiger partial charge is 0.356 e. The molecular formula is C27H25ClN4O2S. The predicted molar refractivity (Wildman–Crippen MR) is 140 cm³/mol. The molecule has 0 bridgehead atoms. The van der Waals surface area contributed by atoms with Crippen LogP contribution >= 0.6 is 23.4 Å². The molecule has 8 heteroatoms. The molecule has 0 unspecified atom stereocenters. The number of nitrogens with one attached hydrogen (secondary N) is 1. The molecule has 0 spiro atoms. The maximum absolute atomic E-state index is 12.9. The van der Waals surface area contributed by atoms with Gasteiger partial charge in [0.1, 0.15) is 5.82 Å². The quantitative estimate of drug-likeness (QED) is 0.239. The molecule has 0 aliphatic rings. The van der Waals surface area contributed by atoms with Gasteiger partial charge in [-0.3, -0.25) is 14.2 Å². The third-order valence-electron chi connectivity index (χ3n) is 5.48. The van der Waals surface area contributed by atoms with Gasteiger partial charge < -0.3 is 5.32 Å². The molecule has 0 radical (unpaired) electrons. The fourth-order valence-corrected chi connectivity index (χ4v) is 4.62. The van der Waals surface area contributed by atoms with Gasteiger partial charge >= 0.3 is 0 Å². The zero-order valence-corrected chi connectivity index (χ0v) is 21.1. The number of amides is 1. The van der Waals surface area contributed by atoms with Gasteiger partial charge in [-0.15, -0.1) is 10.2 Å². The Bertz CT molecular complexity index is 1340. The maximum Gasteiger partial charge on any atom is 0.216 e. The highest BCUT2D eigenvalue weighted by Gasteiger charge is 2.17. The Labute approximate surface area is 213 Å². The van der Waals surface area contributed by atoms with Gasteiger partial charge in [0, 0.05) is 30.5 Å². The molecule has 0 aliphatic heterocycles. The number of ketones is 1. The molecule has 1 heterocycles. The topological polar surface area (TPSA) is 76.9 Å². The van der Waals surface area contributed by atoms with Crippen molar-refractivity contribution in [1.29, 1.82) is 0 Å². The minimum Gasteiger partial charge on any atom is -0.356 e. The zero-order valence-electron chi connectivity index (χ0n) is 19.5. The van der Waals surface area contributed by atoms with E-state index in [0.717, 1.165) is 22.4 Å². The lowest BCUT2D eigenvalue weighted by Crippen LogP contribution is -2.23. The van der Waals surface area contributed by atoms with Crippen LogP contribution in [0, 0.1) is 6.92 Å². The summed E-state index contributed by atoms with van der Waals surface area (Å²) in [6, 6.07) is 23.4. The summed E-state index contributed by atoms with van der Waals surface area (Å²) in [5.41, 5.74) is 4.59. The summed E-state index contributed by atoms with van der Waals surface area (Å²) in [6.07, 6.45) is 0.494. The second-order valence-electron chi connectivity index (χ2n) is 8.06. The van der Waals surface area contributed by atoms with Crippen molar-refractivity contribution in [3.63, 3.8) is 0 Å². The summed E-state index contributed by atoms with van der Waals surface area (Å²) in [5, 5.41) is 12.7. The van der Waals surface area contributed by atoms with Crippen LogP contribution in [0.25, 0.3) is 16.8 Å². The van der Waals surface area contributed by atoms with Crippen LogP contribution in [-0.2, 0) is 11.2 Å². The van der Waals surface area contributed by atoms with Crippen LogP contribution in [-0.4, -0.2) is 38.8 Å². The highest BCUT2D eigenvalue weighted by atomic mass is 35.5. The number of rotatable bonds is 9. The van der Waals surface area contributed by atoms with Crippen LogP contribution in [0.1, 0.15) is 28.7 Å². The van der Waals surface area contributed by atoms with E-state index in [4.69, 9.17) is 11.6 Å². The van der Waals surface area contributed by atoms with Crippen molar-refractivity contribution in [2.24, 2.45) is 0 Å². The molecule has 6 nitrogen and oxygen atoms in total. The van der Waals surface area contributed by atoms with Gasteiger partial charge in [-0.05, 0) is 35.7 Å². The Morgan fingerprint density at radius 1 is 0.971 bits per heavy atom. The van der Waals surface area contributed by atoms with E-state index in [1.54, 1.807) is 0 Å². The van der Waals surface area contributed by atoms with E-state index in [9.17, 15) is 9.59 Å².